The van der Waals surface area contributed by atoms with Crippen LogP contribution in [0.2, 0.25) is 0 Å². The molecule has 0 bridgehead atoms. The van der Waals surface area contributed by atoms with Crippen LogP contribution < -0.4 is 27.4 Å². The molecule has 0 aliphatic rings. The summed E-state index contributed by atoms with van der Waals surface area (Å²) in [6.45, 7) is -0.430. The zero-order chi connectivity index (χ0) is 25.4. The lowest BCUT2D eigenvalue weighted by atomic mass is 10.1. The number of nitrogens with two attached hydrogens (primary N) is 2. The lowest BCUT2D eigenvalue weighted by Gasteiger charge is -2.24. The molecule has 13 nitrogen and oxygen atoms in total. The largest absolute Gasteiger partial charge is 0.481 e. The van der Waals surface area contributed by atoms with Gasteiger partial charge >= 0.3 is 11.9 Å². The lowest BCUT2D eigenvalue weighted by molar-refractivity contribution is -0.144. The summed E-state index contributed by atoms with van der Waals surface area (Å²) in [4.78, 5) is 59.7. The summed E-state index contributed by atoms with van der Waals surface area (Å²) in [5.74, 6) is -4.49. The van der Waals surface area contributed by atoms with Crippen LogP contribution in [0.5, 0.6) is 0 Å². The van der Waals surface area contributed by atoms with Gasteiger partial charge in [0.25, 0.3) is 0 Å². The van der Waals surface area contributed by atoms with Crippen LogP contribution in [-0.4, -0.2) is 94.3 Å². The molecule has 10 N–H and O–H groups in total. The fourth-order valence-electron chi connectivity index (χ4n) is 2.69. The van der Waals surface area contributed by atoms with Crippen LogP contribution in [0.25, 0.3) is 0 Å². The molecule has 0 fully saturated rings. The molecule has 4 unspecified atom stereocenters. The van der Waals surface area contributed by atoms with Gasteiger partial charge in [0.15, 0.2) is 0 Å². The van der Waals surface area contributed by atoms with Crippen molar-refractivity contribution in [3.8, 4) is 0 Å². The Labute approximate surface area is 196 Å². The van der Waals surface area contributed by atoms with Crippen molar-refractivity contribution in [1.82, 2.24) is 16.0 Å². The first kappa shape index (κ1) is 30.6. The lowest BCUT2D eigenvalue weighted by Crippen LogP contribution is -2.57. The van der Waals surface area contributed by atoms with Gasteiger partial charge in [-0.15, -0.1) is 0 Å². The molecule has 0 saturated carbocycles. The van der Waals surface area contributed by atoms with Crippen LogP contribution in [-0.2, 0) is 24.0 Å². The highest BCUT2D eigenvalue weighted by Gasteiger charge is 2.30. The summed E-state index contributed by atoms with van der Waals surface area (Å²) in [6.07, 6.45) is 2.93. The Hall–Kier alpha value is -2.42. The molecule has 0 aliphatic carbocycles. The van der Waals surface area contributed by atoms with Gasteiger partial charge in [0.2, 0.25) is 17.7 Å². The van der Waals surface area contributed by atoms with Gasteiger partial charge in [-0.25, -0.2) is 4.79 Å². The quantitative estimate of drug-likeness (QED) is 0.0936. The third-order valence-electron chi connectivity index (χ3n) is 4.63. The Morgan fingerprint density at radius 2 is 1.39 bits per heavy atom. The van der Waals surface area contributed by atoms with Crippen molar-refractivity contribution in [3.05, 3.63) is 0 Å². The first-order valence-corrected chi connectivity index (χ1v) is 11.9. The van der Waals surface area contributed by atoms with Gasteiger partial charge in [0, 0.05) is 6.42 Å². The van der Waals surface area contributed by atoms with Crippen LogP contribution in [0.1, 0.15) is 38.5 Å². The number of carboxylic acid groups (broad SMARTS) is 2. The second-order valence-corrected chi connectivity index (χ2v) is 8.29. The molecule has 0 radical (unpaired) electrons. The summed E-state index contributed by atoms with van der Waals surface area (Å²) in [7, 11) is 0. The van der Waals surface area contributed by atoms with Crippen molar-refractivity contribution in [2.75, 3.05) is 25.2 Å². The van der Waals surface area contributed by atoms with Gasteiger partial charge in [0.05, 0.1) is 12.6 Å². The number of aliphatic carboxylic acids is 2. The number of nitrogens with one attached hydrogen (secondary N) is 3. The number of unbranched alkanes of at least 4 members (excludes halogenated alkanes) is 1. The third kappa shape index (κ3) is 13.0. The first-order chi connectivity index (χ1) is 15.6. The zero-order valence-electron chi connectivity index (χ0n) is 18.6. The maximum absolute atomic E-state index is 12.8. The van der Waals surface area contributed by atoms with E-state index in [1.54, 1.807) is 6.26 Å². The Balaban J connectivity index is 5.35. The van der Waals surface area contributed by atoms with Gasteiger partial charge in [-0.1, -0.05) is 6.42 Å². The van der Waals surface area contributed by atoms with E-state index in [9.17, 15) is 24.0 Å². The number of carboxylic acids is 2. The predicted molar refractivity (Wildman–Crippen MR) is 121 cm³/mol. The van der Waals surface area contributed by atoms with Crippen LogP contribution in [0.4, 0.5) is 0 Å². The average Bonchev–Trinajstić information content (AvgIpc) is 2.76. The van der Waals surface area contributed by atoms with Crippen molar-refractivity contribution in [2.24, 2.45) is 11.5 Å². The molecule has 0 rings (SSSR count). The van der Waals surface area contributed by atoms with Gasteiger partial charge in [-0.2, -0.15) is 11.8 Å². The molecule has 0 aromatic rings. The number of hydrogen-bond acceptors (Lipinski definition) is 9. The summed E-state index contributed by atoms with van der Waals surface area (Å²) in [5.41, 5.74) is 11.3. The van der Waals surface area contributed by atoms with Crippen LogP contribution in [0.15, 0.2) is 0 Å². The average molecular weight is 494 g/mol. The fraction of sp³-hybridized carbons (Fsp3) is 0.737. The Morgan fingerprint density at radius 1 is 0.848 bits per heavy atom. The van der Waals surface area contributed by atoms with E-state index in [2.05, 4.69) is 10.6 Å². The van der Waals surface area contributed by atoms with Crippen molar-refractivity contribution < 1.29 is 39.3 Å². The first-order valence-electron chi connectivity index (χ1n) is 10.5. The van der Waals surface area contributed by atoms with E-state index in [-0.39, 0.29) is 12.8 Å². The molecule has 0 heterocycles. The minimum Gasteiger partial charge on any atom is -0.481 e. The number of hydrogen-bond donors (Lipinski definition) is 8. The van der Waals surface area contributed by atoms with E-state index in [1.807, 2.05) is 5.32 Å². The van der Waals surface area contributed by atoms with Crippen molar-refractivity contribution >= 4 is 41.4 Å². The number of thioether (sulfide) groups is 1. The van der Waals surface area contributed by atoms with Crippen molar-refractivity contribution in [3.63, 3.8) is 0 Å². The molecule has 14 heteroatoms. The predicted octanol–water partition coefficient (Wildman–Crippen LogP) is -2.41. The summed E-state index contributed by atoms with van der Waals surface area (Å²) < 4.78 is 0. The number of carbonyl (C=O) groups excluding carboxylic acids is 3. The SMILES string of the molecule is CSCCC(NC(=O)C(N)CCCCN)C(=O)NC(CCC(=O)O)C(=O)NC(CO)C(=O)O. The molecule has 0 aromatic heterocycles. The van der Waals surface area contributed by atoms with E-state index >= 15 is 0 Å². The number of amides is 3. The van der Waals surface area contributed by atoms with Crippen LogP contribution in [0.3, 0.4) is 0 Å². The van der Waals surface area contributed by atoms with Crippen molar-refractivity contribution in [1.29, 1.82) is 0 Å². The van der Waals surface area contributed by atoms with E-state index in [1.165, 1.54) is 11.8 Å². The number of rotatable bonds is 18. The smallest absolute Gasteiger partial charge is 0.328 e. The molecule has 0 spiro atoms. The van der Waals surface area contributed by atoms with E-state index in [0.717, 1.165) is 0 Å². The number of carbonyl (C=O) groups is 5. The molecule has 0 aliphatic heterocycles. The van der Waals surface area contributed by atoms with Crippen LogP contribution >= 0.6 is 11.8 Å². The normalized spacial score (nSPS) is 14.4. The summed E-state index contributed by atoms with van der Waals surface area (Å²) in [6, 6.07) is -4.92. The number of aliphatic hydroxyl groups excluding tert-OH is 1. The topological polar surface area (TPSA) is 234 Å². The molecule has 33 heavy (non-hydrogen) atoms. The fourth-order valence-corrected chi connectivity index (χ4v) is 3.16. The maximum atomic E-state index is 12.8. The van der Waals surface area contributed by atoms with E-state index in [4.69, 9.17) is 26.8 Å². The molecule has 3 amide bonds. The zero-order valence-corrected chi connectivity index (χ0v) is 19.4. The Morgan fingerprint density at radius 3 is 1.88 bits per heavy atom. The highest BCUT2D eigenvalue weighted by Crippen LogP contribution is 2.06. The molecular formula is C19H35N5O8S. The monoisotopic (exact) mass is 493 g/mol. The van der Waals surface area contributed by atoms with Crippen LogP contribution in [0, 0.1) is 0 Å². The summed E-state index contributed by atoms with van der Waals surface area (Å²) in [5, 5.41) is 34.0. The molecular weight excluding hydrogens is 458 g/mol. The second kappa shape index (κ2) is 17.1. The second-order valence-electron chi connectivity index (χ2n) is 7.31. The number of aliphatic hydroxyl groups is 1. The van der Waals surface area contributed by atoms with E-state index < -0.39 is 66.9 Å². The minimum absolute atomic E-state index is 0.218. The van der Waals surface area contributed by atoms with Gasteiger partial charge < -0.3 is 42.7 Å². The molecule has 0 saturated heterocycles. The highest BCUT2D eigenvalue weighted by molar-refractivity contribution is 7.98. The van der Waals surface area contributed by atoms with E-state index in [0.29, 0.717) is 31.6 Å². The van der Waals surface area contributed by atoms with Gasteiger partial charge in [-0.05, 0) is 44.2 Å². The third-order valence-corrected chi connectivity index (χ3v) is 5.27. The highest BCUT2D eigenvalue weighted by atomic mass is 32.2. The summed E-state index contributed by atoms with van der Waals surface area (Å²) >= 11 is 1.43. The van der Waals surface area contributed by atoms with Gasteiger partial charge in [-0.3, -0.25) is 19.2 Å². The van der Waals surface area contributed by atoms with Crippen molar-refractivity contribution in [2.45, 2.75) is 62.7 Å². The molecule has 0 aromatic carbocycles. The Kier molecular flexibility index (Phi) is 15.9. The minimum atomic E-state index is -1.62. The standard InChI is InChI=1S/C19H35N5O8S/c1-33-9-7-13(22-16(28)11(21)4-2-3-8-20)18(30)23-12(5-6-15(26)27)17(29)24-14(10-25)19(31)32/h11-14,25H,2-10,20-21H2,1H3,(H,22,28)(H,23,30)(H,24,29)(H,26,27)(H,31,32). The maximum Gasteiger partial charge on any atom is 0.328 e. The Bertz CT molecular complexity index is 666. The molecule has 190 valence electrons. The molecule has 4 atom stereocenters. The van der Waals surface area contributed by atoms with Gasteiger partial charge in [0.1, 0.15) is 18.1 Å².